The van der Waals surface area contributed by atoms with E-state index in [-0.39, 0.29) is 35.2 Å². The first-order valence-electron chi connectivity index (χ1n) is 9.23. The first kappa shape index (κ1) is 22.6. The van der Waals surface area contributed by atoms with E-state index in [0.717, 1.165) is 22.8 Å². The fourth-order valence-electron chi connectivity index (χ4n) is 3.33. The summed E-state index contributed by atoms with van der Waals surface area (Å²) in [5.74, 6) is -1.86. The Kier molecular flexibility index (Phi) is 5.48. The Balaban J connectivity index is 1.98. The van der Waals surface area contributed by atoms with Crippen molar-refractivity contribution in [2.75, 3.05) is 18.9 Å². The quantitative estimate of drug-likeness (QED) is 0.552. The van der Waals surface area contributed by atoms with Crippen LogP contribution in [0.25, 0.3) is 0 Å². The van der Waals surface area contributed by atoms with Crippen LogP contribution in [0.5, 0.6) is 5.88 Å². The second kappa shape index (κ2) is 7.54. The number of aromatic hydroxyl groups is 1. The van der Waals surface area contributed by atoms with Crippen LogP contribution in [0.1, 0.15) is 36.8 Å². The highest BCUT2D eigenvalue weighted by molar-refractivity contribution is 7.91. The van der Waals surface area contributed by atoms with E-state index in [1.807, 2.05) is 0 Å². The highest BCUT2D eigenvalue weighted by Crippen LogP contribution is 2.34. The Morgan fingerprint density at radius 2 is 1.97 bits per heavy atom. The smallest absolute Gasteiger partial charge is 0.275 e. The Morgan fingerprint density at radius 3 is 2.58 bits per heavy atom. The third-order valence-corrected chi connectivity index (χ3v) is 7.73. The molecule has 1 aromatic heterocycles. The molecule has 0 spiro atoms. The van der Waals surface area contributed by atoms with E-state index < -0.39 is 32.0 Å². The van der Waals surface area contributed by atoms with Gasteiger partial charge in [0.25, 0.3) is 5.91 Å². The zero-order valence-electron chi connectivity index (χ0n) is 17.4. The van der Waals surface area contributed by atoms with Gasteiger partial charge in [-0.1, -0.05) is 0 Å². The van der Waals surface area contributed by atoms with Crippen LogP contribution in [0.4, 0.5) is 10.1 Å². The molecule has 166 valence electrons. The predicted molar refractivity (Wildman–Crippen MR) is 112 cm³/mol. The number of amidine groups is 1. The van der Waals surface area contributed by atoms with E-state index in [4.69, 9.17) is 5.41 Å². The molecule has 2 heterocycles. The van der Waals surface area contributed by atoms with Crippen LogP contribution >= 0.6 is 0 Å². The summed E-state index contributed by atoms with van der Waals surface area (Å²) >= 11 is 0. The Morgan fingerprint density at radius 1 is 1.29 bits per heavy atom. The number of hydrogen-bond acceptors (Lipinski definition) is 7. The van der Waals surface area contributed by atoms with Crippen molar-refractivity contribution in [3.8, 4) is 5.88 Å². The third kappa shape index (κ3) is 3.95. The fourth-order valence-corrected chi connectivity index (χ4v) is 4.84. The van der Waals surface area contributed by atoms with E-state index in [9.17, 15) is 22.7 Å². The number of amides is 1. The molecule has 12 heteroatoms. The summed E-state index contributed by atoms with van der Waals surface area (Å²) in [4.78, 5) is 19.7. The number of likely N-dealkylation sites (N-methyl/N-ethyl adjacent to an activating group) is 1. The summed E-state index contributed by atoms with van der Waals surface area (Å²) in [6, 6.07) is 3.87. The molecule has 4 N–H and O–H groups in total. The monoisotopic (exact) mass is 450 g/mol. The van der Waals surface area contributed by atoms with Crippen molar-refractivity contribution < 1.29 is 22.7 Å². The Labute approximate surface area is 179 Å². The molecule has 0 aliphatic carbocycles. The topological polar surface area (TPSA) is 148 Å². The SMILES string of the molecule is CN1C[C@@](C)(c2cc(NC(=O)c3cnc(O)cn3)ccc2F)NC(=N)C(C)(C)S1(=O)=O. The number of benzene rings is 1. The molecule has 1 fully saturated rings. The zero-order chi connectivity index (χ0) is 23.2. The minimum atomic E-state index is -3.87. The van der Waals surface area contributed by atoms with Gasteiger partial charge >= 0.3 is 0 Å². The number of halogens is 1. The minimum absolute atomic E-state index is 0.0585. The van der Waals surface area contributed by atoms with Crippen LogP contribution in [0.3, 0.4) is 0 Å². The van der Waals surface area contributed by atoms with E-state index in [0.29, 0.717) is 0 Å². The van der Waals surface area contributed by atoms with Gasteiger partial charge in [0.15, 0.2) is 0 Å². The minimum Gasteiger partial charge on any atom is -0.492 e. The lowest BCUT2D eigenvalue weighted by molar-refractivity contribution is 0.102. The van der Waals surface area contributed by atoms with Crippen LogP contribution in [0, 0.1) is 11.2 Å². The molecule has 1 atom stereocenters. The van der Waals surface area contributed by atoms with Gasteiger partial charge in [-0.2, -0.15) is 0 Å². The summed E-state index contributed by atoms with van der Waals surface area (Å²) < 4.78 is 40.1. The van der Waals surface area contributed by atoms with E-state index >= 15 is 0 Å². The molecular weight excluding hydrogens is 427 g/mol. The summed E-state index contributed by atoms with van der Waals surface area (Å²) in [5.41, 5.74) is -1.03. The lowest BCUT2D eigenvalue weighted by atomic mass is 9.90. The maximum absolute atomic E-state index is 14.8. The van der Waals surface area contributed by atoms with Crippen molar-refractivity contribution in [3.05, 3.63) is 47.7 Å². The maximum Gasteiger partial charge on any atom is 0.275 e. The van der Waals surface area contributed by atoms with Gasteiger partial charge in [0.2, 0.25) is 15.9 Å². The lowest BCUT2D eigenvalue weighted by Gasteiger charge is -2.33. The first-order valence-corrected chi connectivity index (χ1v) is 10.7. The van der Waals surface area contributed by atoms with Gasteiger partial charge in [-0.15, -0.1) is 0 Å². The van der Waals surface area contributed by atoms with Crippen molar-refractivity contribution in [1.29, 1.82) is 5.41 Å². The molecule has 1 aliphatic rings. The van der Waals surface area contributed by atoms with Crippen LogP contribution in [-0.4, -0.2) is 57.9 Å². The number of nitrogens with zero attached hydrogens (tertiary/aromatic N) is 3. The van der Waals surface area contributed by atoms with E-state index in [1.165, 1.54) is 33.0 Å². The average Bonchev–Trinajstić information content (AvgIpc) is 2.72. The summed E-state index contributed by atoms with van der Waals surface area (Å²) in [7, 11) is -2.49. The molecule has 10 nitrogen and oxygen atoms in total. The normalized spacial score (nSPS) is 22.9. The number of carbonyl (C=O) groups is 1. The first-order chi connectivity index (χ1) is 14.3. The van der Waals surface area contributed by atoms with Gasteiger partial charge in [-0.25, -0.2) is 27.1 Å². The number of carbonyl (C=O) groups excluding carboxylic acids is 1. The molecule has 0 unspecified atom stereocenters. The zero-order valence-corrected chi connectivity index (χ0v) is 18.2. The van der Waals surface area contributed by atoms with Crippen molar-refractivity contribution in [2.45, 2.75) is 31.1 Å². The van der Waals surface area contributed by atoms with Crippen LogP contribution in [0.15, 0.2) is 30.6 Å². The molecule has 1 aromatic carbocycles. The predicted octanol–water partition coefficient (Wildman–Crippen LogP) is 1.41. The van der Waals surface area contributed by atoms with E-state index in [2.05, 4.69) is 20.6 Å². The van der Waals surface area contributed by atoms with Crippen molar-refractivity contribution in [2.24, 2.45) is 0 Å². The molecule has 1 saturated heterocycles. The van der Waals surface area contributed by atoms with Crippen molar-refractivity contribution >= 4 is 27.5 Å². The van der Waals surface area contributed by atoms with Gasteiger partial charge in [0.05, 0.1) is 17.9 Å². The summed E-state index contributed by atoms with van der Waals surface area (Å²) in [6.45, 7) is 4.26. The van der Waals surface area contributed by atoms with Crippen LogP contribution in [0.2, 0.25) is 0 Å². The molecular formula is C19H23FN6O4S. The van der Waals surface area contributed by atoms with Crippen molar-refractivity contribution in [3.63, 3.8) is 0 Å². The van der Waals surface area contributed by atoms with Gasteiger partial charge in [-0.05, 0) is 39.0 Å². The number of sulfonamides is 1. The highest BCUT2D eigenvalue weighted by atomic mass is 32.2. The van der Waals surface area contributed by atoms with Crippen LogP contribution in [-0.2, 0) is 15.6 Å². The van der Waals surface area contributed by atoms with Crippen LogP contribution < -0.4 is 10.6 Å². The number of anilines is 1. The molecule has 2 aromatic rings. The second-order valence-corrected chi connectivity index (χ2v) is 10.6. The largest absolute Gasteiger partial charge is 0.492 e. The molecule has 0 bridgehead atoms. The molecule has 0 radical (unpaired) electrons. The molecule has 1 amide bonds. The van der Waals surface area contributed by atoms with Crippen molar-refractivity contribution in [1.82, 2.24) is 19.6 Å². The molecule has 3 rings (SSSR count). The summed E-state index contributed by atoms with van der Waals surface area (Å²) in [5, 5.41) is 22.9. The number of nitrogens with one attached hydrogen (secondary N) is 3. The number of rotatable bonds is 3. The van der Waals surface area contributed by atoms with Gasteiger partial charge in [0.1, 0.15) is 22.1 Å². The Hall–Kier alpha value is -3.12. The van der Waals surface area contributed by atoms with Gasteiger partial charge in [-0.3, -0.25) is 10.2 Å². The van der Waals surface area contributed by atoms with Gasteiger partial charge < -0.3 is 15.7 Å². The average molecular weight is 450 g/mol. The van der Waals surface area contributed by atoms with Gasteiger partial charge in [0, 0.05) is 24.8 Å². The van der Waals surface area contributed by atoms with E-state index in [1.54, 1.807) is 6.92 Å². The molecule has 31 heavy (non-hydrogen) atoms. The lowest BCUT2D eigenvalue weighted by Crippen LogP contribution is -2.51. The maximum atomic E-state index is 14.8. The third-order valence-electron chi connectivity index (χ3n) is 5.29. The molecule has 1 aliphatic heterocycles. The Bertz CT molecular complexity index is 1150. The highest BCUT2D eigenvalue weighted by Gasteiger charge is 2.49. The number of aromatic nitrogens is 2. The molecule has 0 saturated carbocycles. The number of hydrogen-bond donors (Lipinski definition) is 4. The fraction of sp³-hybridized carbons (Fsp3) is 0.368. The summed E-state index contributed by atoms with van der Waals surface area (Å²) in [6.07, 6.45) is 2.11. The standard InChI is InChI=1S/C19H23FN6O4S/c1-18(2)17(21)25-19(3,10-26(4)31(18,29)30)12-7-11(5-6-13(12)20)24-16(28)14-8-23-15(27)9-22-14/h5-9H,10H2,1-4H3,(H2,21,25)(H,23,27)(H,24,28)/t19-/m0/s1. The second-order valence-electron chi connectivity index (χ2n) is 8.01.